The topological polar surface area (TPSA) is 83.7 Å². The van der Waals surface area contributed by atoms with Crippen LogP contribution in [-0.4, -0.2) is 43.1 Å². The van der Waals surface area contributed by atoms with Crippen LogP contribution in [0.15, 0.2) is 33.0 Å². The molecule has 4 aromatic heterocycles. The van der Waals surface area contributed by atoms with Gasteiger partial charge in [-0.3, -0.25) is 4.90 Å². The molecule has 0 aromatic carbocycles. The molecule has 0 spiro atoms. The average molecular weight is 415 g/mol. The second-order valence-electron chi connectivity index (χ2n) is 6.43. The van der Waals surface area contributed by atoms with Crippen molar-refractivity contribution in [2.45, 2.75) is 44.5 Å². The Hall–Kier alpha value is -2.23. The third-order valence-electron chi connectivity index (χ3n) is 4.72. The van der Waals surface area contributed by atoms with E-state index in [2.05, 4.69) is 47.8 Å². The monoisotopic (exact) mass is 414 g/mol. The standard InChI is InChI=1S/C19H22N6OS2/c1-5-25(6-2)10-14-21-17-15(11(3)12(4)27-17)18(22-14)28-19-24-23-16(26-19)13-8-7-9-20-13/h7-9,20H,5-6,10H2,1-4H3. The molecule has 4 rings (SSSR count). The maximum atomic E-state index is 5.83. The lowest BCUT2D eigenvalue weighted by atomic mass is 10.2. The summed E-state index contributed by atoms with van der Waals surface area (Å²) < 4.78 is 5.83. The van der Waals surface area contributed by atoms with Gasteiger partial charge in [-0.05, 0) is 56.4 Å². The fourth-order valence-corrected chi connectivity index (χ4v) is 4.94. The molecule has 0 radical (unpaired) electrons. The fourth-order valence-electron chi connectivity index (χ4n) is 2.95. The number of hydrogen-bond acceptors (Lipinski definition) is 8. The van der Waals surface area contributed by atoms with E-state index in [0.29, 0.717) is 11.1 Å². The summed E-state index contributed by atoms with van der Waals surface area (Å²) in [6.07, 6.45) is 1.83. The molecule has 9 heteroatoms. The maximum absolute atomic E-state index is 5.83. The van der Waals surface area contributed by atoms with Crippen molar-refractivity contribution >= 4 is 33.3 Å². The van der Waals surface area contributed by atoms with E-state index in [1.165, 1.54) is 22.2 Å². The van der Waals surface area contributed by atoms with E-state index in [9.17, 15) is 0 Å². The number of nitrogens with zero attached hydrogens (tertiary/aromatic N) is 5. The zero-order chi connectivity index (χ0) is 19.7. The molecular weight excluding hydrogens is 392 g/mol. The predicted molar refractivity (Wildman–Crippen MR) is 112 cm³/mol. The number of nitrogens with one attached hydrogen (secondary N) is 1. The Balaban J connectivity index is 1.72. The Morgan fingerprint density at radius 3 is 2.71 bits per heavy atom. The first-order valence-corrected chi connectivity index (χ1v) is 10.9. The number of fused-ring (bicyclic) bond motifs is 1. The van der Waals surface area contributed by atoms with Gasteiger partial charge in [-0.2, -0.15) is 0 Å². The van der Waals surface area contributed by atoms with Crippen LogP contribution in [-0.2, 0) is 6.54 Å². The van der Waals surface area contributed by atoms with Crippen molar-refractivity contribution in [1.29, 1.82) is 0 Å². The molecule has 0 aliphatic carbocycles. The van der Waals surface area contributed by atoms with Gasteiger partial charge in [0.05, 0.1) is 6.54 Å². The number of hydrogen-bond donors (Lipinski definition) is 1. The lowest BCUT2D eigenvalue weighted by Crippen LogP contribution is -2.23. The molecule has 0 amide bonds. The van der Waals surface area contributed by atoms with Crippen molar-refractivity contribution in [2.24, 2.45) is 0 Å². The van der Waals surface area contributed by atoms with E-state index < -0.39 is 0 Å². The minimum absolute atomic E-state index is 0.472. The Morgan fingerprint density at radius 1 is 1.18 bits per heavy atom. The summed E-state index contributed by atoms with van der Waals surface area (Å²) in [6.45, 7) is 11.2. The van der Waals surface area contributed by atoms with Crippen LogP contribution in [0.4, 0.5) is 0 Å². The summed E-state index contributed by atoms with van der Waals surface area (Å²) in [5, 5.41) is 10.8. The number of aryl methyl sites for hydroxylation is 2. The normalized spacial score (nSPS) is 11.8. The number of rotatable bonds is 7. The van der Waals surface area contributed by atoms with E-state index in [4.69, 9.17) is 14.4 Å². The highest BCUT2D eigenvalue weighted by Crippen LogP contribution is 2.38. The lowest BCUT2D eigenvalue weighted by molar-refractivity contribution is 0.288. The highest BCUT2D eigenvalue weighted by atomic mass is 32.2. The second kappa shape index (κ2) is 8.02. The SMILES string of the molecule is CCN(CC)Cc1nc(Sc2nnc(-c3ccc[nH]3)o2)c2c(C)c(C)sc2n1. The molecule has 0 atom stereocenters. The third-order valence-corrected chi connectivity index (χ3v) is 6.65. The molecule has 0 saturated carbocycles. The zero-order valence-electron chi connectivity index (χ0n) is 16.3. The van der Waals surface area contributed by atoms with E-state index in [1.54, 1.807) is 11.3 Å². The minimum Gasteiger partial charge on any atom is -0.409 e. The first-order chi connectivity index (χ1) is 13.6. The molecule has 0 aliphatic rings. The van der Waals surface area contributed by atoms with Crippen LogP contribution in [0.1, 0.15) is 30.1 Å². The van der Waals surface area contributed by atoms with Gasteiger partial charge in [0.1, 0.15) is 21.4 Å². The van der Waals surface area contributed by atoms with Crippen LogP contribution in [0.5, 0.6) is 0 Å². The van der Waals surface area contributed by atoms with Gasteiger partial charge in [-0.15, -0.1) is 21.5 Å². The molecular formula is C19H22N6OS2. The van der Waals surface area contributed by atoms with Crippen LogP contribution >= 0.6 is 23.1 Å². The molecule has 0 bridgehead atoms. The average Bonchev–Trinajstić information content (AvgIpc) is 3.41. The fraction of sp³-hybridized carbons (Fsp3) is 0.368. The van der Waals surface area contributed by atoms with Gasteiger partial charge >= 0.3 is 0 Å². The van der Waals surface area contributed by atoms with Crippen molar-refractivity contribution in [3.05, 3.63) is 34.6 Å². The highest BCUT2D eigenvalue weighted by molar-refractivity contribution is 7.99. The molecule has 0 unspecified atom stereocenters. The van der Waals surface area contributed by atoms with Crippen molar-refractivity contribution in [2.75, 3.05) is 13.1 Å². The van der Waals surface area contributed by atoms with Crippen LogP contribution in [0.2, 0.25) is 0 Å². The summed E-state index contributed by atoms with van der Waals surface area (Å²) in [4.78, 5) is 17.3. The third kappa shape index (κ3) is 3.69. The van der Waals surface area contributed by atoms with E-state index in [-0.39, 0.29) is 0 Å². The quantitative estimate of drug-likeness (QED) is 0.440. The van der Waals surface area contributed by atoms with Crippen LogP contribution < -0.4 is 0 Å². The zero-order valence-corrected chi connectivity index (χ0v) is 17.9. The maximum Gasteiger partial charge on any atom is 0.283 e. The Morgan fingerprint density at radius 2 is 2.00 bits per heavy atom. The predicted octanol–water partition coefficient (Wildman–Crippen LogP) is 4.68. The summed E-state index contributed by atoms with van der Waals surface area (Å²) >= 11 is 3.11. The molecule has 1 N–H and O–H groups in total. The van der Waals surface area contributed by atoms with E-state index in [1.807, 2.05) is 18.3 Å². The second-order valence-corrected chi connectivity index (χ2v) is 8.57. The molecule has 0 aliphatic heterocycles. The number of thiophene rings is 1. The number of H-pyrrole nitrogens is 1. The van der Waals surface area contributed by atoms with Gasteiger partial charge in [0.25, 0.3) is 11.1 Å². The summed E-state index contributed by atoms with van der Waals surface area (Å²) in [5.74, 6) is 1.29. The Bertz CT molecular complexity index is 1080. The van der Waals surface area contributed by atoms with Crippen molar-refractivity contribution in [3.8, 4) is 11.6 Å². The summed E-state index contributed by atoms with van der Waals surface area (Å²) in [5.41, 5.74) is 2.01. The van der Waals surface area contributed by atoms with Gasteiger partial charge in [-0.25, -0.2) is 9.97 Å². The molecule has 0 fully saturated rings. The first-order valence-electron chi connectivity index (χ1n) is 9.23. The van der Waals surface area contributed by atoms with Crippen molar-refractivity contribution in [1.82, 2.24) is 30.0 Å². The molecule has 7 nitrogen and oxygen atoms in total. The van der Waals surface area contributed by atoms with Gasteiger partial charge in [0.2, 0.25) is 0 Å². The van der Waals surface area contributed by atoms with Crippen molar-refractivity contribution in [3.63, 3.8) is 0 Å². The van der Waals surface area contributed by atoms with Gasteiger partial charge in [0, 0.05) is 16.5 Å². The van der Waals surface area contributed by atoms with Gasteiger partial charge < -0.3 is 9.40 Å². The first kappa shape index (κ1) is 19.1. The van der Waals surface area contributed by atoms with Gasteiger partial charge in [-0.1, -0.05) is 13.8 Å². The molecule has 4 aromatic rings. The van der Waals surface area contributed by atoms with Crippen LogP contribution in [0, 0.1) is 13.8 Å². The van der Waals surface area contributed by atoms with Gasteiger partial charge in [0.15, 0.2) is 0 Å². The number of aromatic amines is 1. The van der Waals surface area contributed by atoms with E-state index >= 15 is 0 Å². The van der Waals surface area contributed by atoms with E-state index in [0.717, 1.165) is 46.4 Å². The molecule has 28 heavy (non-hydrogen) atoms. The molecule has 146 valence electrons. The Kier molecular flexibility index (Phi) is 5.47. The van der Waals surface area contributed by atoms with Crippen LogP contribution in [0.3, 0.4) is 0 Å². The highest BCUT2D eigenvalue weighted by Gasteiger charge is 2.19. The Labute approximate surface area is 171 Å². The van der Waals surface area contributed by atoms with Crippen molar-refractivity contribution < 1.29 is 4.42 Å². The lowest BCUT2D eigenvalue weighted by Gasteiger charge is -2.17. The molecule has 4 heterocycles. The van der Waals surface area contributed by atoms with Crippen LogP contribution in [0.25, 0.3) is 21.8 Å². The number of aromatic nitrogens is 5. The summed E-state index contributed by atoms with van der Waals surface area (Å²) in [6, 6.07) is 3.80. The smallest absolute Gasteiger partial charge is 0.283 e. The largest absolute Gasteiger partial charge is 0.409 e. The minimum atomic E-state index is 0.472. The summed E-state index contributed by atoms with van der Waals surface area (Å²) in [7, 11) is 0. The molecule has 0 saturated heterocycles.